The number of anilines is 2. The van der Waals surface area contributed by atoms with Crippen molar-refractivity contribution in [2.75, 3.05) is 10.6 Å². The summed E-state index contributed by atoms with van der Waals surface area (Å²) < 4.78 is 5.77. The van der Waals surface area contributed by atoms with Gasteiger partial charge in [-0.3, -0.25) is 9.59 Å². The maximum atomic E-state index is 12.7. The van der Waals surface area contributed by atoms with Gasteiger partial charge in [-0.1, -0.05) is 32.0 Å². The van der Waals surface area contributed by atoms with Gasteiger partial charge < -0.3 is 15.4 Å². The molecule has 0 aliphatic carbocycles. The van der Waals surface area contributed by atoms with Gasteiger partial charge >= 0.3 is 0 Å². The largest absolute Gasteiger partial charge is 0.486 e. The lowest BCUT2D eigenvalue weighted by molar-refractivity contribution is -0.118. The molecule has 0 radical (unpaired) electrons. The normalized spacial score (nSPS) is 10.5. The van der Waals surface area contributed by atoms with Gasteiger partial charge in [0.2, 0.25) is 5.91 Å². The lowest BCUT2D eigenvalue weighted by Gasteiger charge is -2.12. The second-order valence-corrected chi connectivity index (χ2v) is 7.16. The third kappa shape index (κ3) is 5.17. The van der Waals surface area contributed by atoms with E-state index < -0.39 is 0 Å². The Morgan fingerprint density at radius 1 is 1.07 bits per heavy atom. The molecule has 2 N–H and O–H groups in total. The molecule has 6 nitrogen and oxygen atoms in total. The molecule has 0 bridgehead atoms. The summed E-state index contributed by atoms with van der Waals surface area (Å²) in [6.45, 7) is 3.94. The molecule has 0 saturated carbocycles. The Bertz CT molecular complexity index is 955. The lowest BCUT2D eigenvalue weighted by Crippen LogP contribution is -2.18. The van der Waals surface area contributed by atoms with E-state index in [1.165, 1.54) is 11.3 Å². The van der Waals surface area contributed by atoms with Crippen molar-refractivity contribution in [1.29, 1.82) is 0 Å². The van der Waals surface area contributed by atoms with Gasteiger partial charge in [0.15, 0.2) is 0 Å². The fourth-order valence-electron chi connectivity index (χ4n) is 2.40. The maximum absolute atomic E-state index is 12.7. The molecule has 28 heavy (non-hydrogen) atoms. The summed E-state index contributed by atoms with van der Waals surface area (Å²) in [6.07, 6.45) is 0. The van der Waals surface area contributed by atoms with Crippen LogP contribution in [0, 0.1) is 5.92 Å². The van der Waals surface area contributed by atoms with Gasteiger partial charge in [0.1, 0.15) is 12.4 Å². The first-order valence-corrected chi connectivity index (χ1v) is 9.78. The van der Waals surface area contributed by atoms with Crippen LogP contribution in [-0.4, -0.2) is 16.8 Å². The van der Waals surface area contributed by atoms with Gasteiger partial charge in [-0.05, 0) is 30.3 Å². The van der Waals surface area contributed by atoms with Gasteiger partial charge in [-0.15, -0.1) is 11.3 Å². The topological polar surface area (TPSA) is 80.3 Å². The Kier molecular flexibility index (Phi) is 6.39. The van der Waals surface area contributed by atoms with E-state index in [1.54, 1.807) is 48.0 Å². The molecule has 2 amide bonds. The molecule has 0 saturated heterocycles. The molecule has 144 valence electrons. The van der Waals surface area contributed by atoms with Crippen LogP contribution in [0.2, 0.25) is 0 Å². The van der Waals surface area contributed by atoms with E-state index in [9.17, 15) is 9.59 Å². The van der Waals surface area contributed by atoms with Crippen molar-refractivity contribution >= 4 is 34.5 Å². The van der Waals surface area contributed by atoms with Crippen LogP contribution in [0.5, 0.6) is 5.75 Å². The van der Waals surface area contributed by atoms with Crippen molar-refractivity contribution in [3.8, 4) is 5.75 Å². The molecule has 0 fully saturated rings. The molecular formula is C21H21N3O3S. The van der Waals surface area contributed by atoms with Crippen molar-refractivity contribution in [3.05, 3.63) is 70.7 Å². The first-order valence-electron chi connectivity index (χ1n) is 8.84. The summed E-state index contributed by atoms with van der Waals surface area (Å²) in [7, 11) is 0. The maximum Gasteiger partial charge on any atom is 0.259 e. The van der Waals surface area contributed by atoms with Gasteiger partial charge in [0, 0.05) is 22.7 Å². The molecule has 1 heterocycles. The summed E-state index contributed by atoms with van der Waals surface area (Å²) in [5, 5.41) is 7.57. The standard InChI is InChI=1S/C21H21N3O3S/c1-14(2)20(25)23-15-6-5-7-16(10-15)24-21(26)18-8-3-4-9-19(18)27-11-17-12-28-13-22-17/h3-10,12-14H,11H2,1-2H3,(H,23,25)(H,24,26). The number of aromatic nitrogens is 1. The molecule has 0 unspecified atom stereocenters. The molecule has 1 aromatic heterocycles. The smallest absolute Gasteiger partial charge is 0.259 e. The van der Waals surface area contributed by atoms with Crippen LogP contribution in [0.3, 0.4) is 0 Å². The lowest BCUT2D eigenvalue weighted by atomic mass is 10.1. The van der Waals surface area contributed by atoms with E-state index in [4.69, 9.17) is 4.74 Å². The molecule has 3 aromatic rings. The zero-order valence-electron chi connectivity index (χ0n) is 15.6. The molecule has 0 aliphatic rings. The van der Waals surface area contributed by atoms with E-state index >= 15 is 0 Å². The quantitative estimate of drug-likeness (QED) is 0.614. The van der Waals surface area contributed by atoms with E-state index in [-0.39, 0.29) is 17.7 Å². The summed E-state index contributed by atoms with van der Waals surface area (Å²) in [6, 6.07) is 14.1. The SMILES string of the molecule is CC(C)C(=O)Nc1cccc(NC(=O)c2ccccc2OCc2cscn2)c1. The number of para-hydroxylation sites is 1. The van der Waals surface area contributed by atoms with E-state index in [0.717, 1.165) is 5.69 Å². The predicted octanol–water partition coefficient (Wildman–Crippen LogP) is 4.57. The molecule has 0 aliphatic heterocycles. The van der Waals surface area contributed by atoms with Gasteiger partial charge in [-0.2, -0.15) is 0 Å². The molecule has 0 atom stereocenters. The highest BCUT2D eigenvalue weighted by Crippen LogP contribution is 2.22. The number of rotatable bonds is 7. The Morgan fingerprint density at radius 2 is 1.82 bits per heavy atom. The summed E-state index contributed by atoms with van der Waals surface area (Å²) in [4.78, 5) is 28.8. The van der Waals surface area contributed by atoms with Crippen LogP contribution in [0.1, 0.15) is 29.9 Å². The third-order valence-corrected chi connectivity index (χ3v) is 4.54. The Labute approximate surface area is 167 Å². The van der Waals surface area contributed by atoms with Gasteiger partial charge in [-0.25, -0.2) is 4.98 Å². The molecular weight excluding hydrogens is 374 g/mol. The minimum Gasteiger partial charge on any atom is -0.486 e. The number of nitrogens with zero attached hydrogens (tertiary/aromatic N) is 1. The van der Waals surface area contributed by atoms with Gasteiger partial charge in [0.05, 0.1) is 16.8 Å². The summed E-state index contributed by atoms with van der Waals surface area (Å²) in [5.41, 5.74) is 4.19. The zero-order valence-corrected chi connectivity index (χ0v) is 16.5. The predicted molar refractivity (Wildman–Crippen MR) is 111 cm³/mol. The Morgan fingerprint density at radius 3 is 2.54 bits per heavy atom. The number of carbonyl (C=O) groups is 2. The Balaban J connectivity index is 1.70. The third-order valence-electron chi connectivity index (χ3n) is 3.90. The number of carbonyl (C=O) groups excluding carboxylic acids is 2. The van der Waals surface area contributed by atoms with E-state index in [2.05, 4.69) is 15.6 Å². The molecule has 7 heteroatoms. The number of hydrogen-bond acceptors (Lipinski definition) is 5. The number of hydrogen-bond donors (Lipinski definition) is 2. The van der Waals surface area contributed by atoms with Crippen LogP contribution >= 0.6 is 11.3 Å². The minimum atomic E-state index is -0.291. The van der Waals surface area contributed by atoms with Crippen LogP contribution < -0.4 is 15.4 Å². The zero-order chi connectivity index (χ0) is 19.9. The van der Waals surface area contributed by atoms with Crippen LogP contribution in [-0.2, 0) is 11.4 Å². The fraction of sp³-hybridized carbons (Fsp3) is 0.190. The number of benzene rings is 2. The van der Waals surface area contributed by atoms with Crippen LogP contribution in [0.4, 0.5) is 11.4 Å². The van der Waals surface area contributed by atoms with Crippen molar-refractivity contribution in [2.24, 2.45) is 5.92 Å². The number of amides is 2. The highest BCUT2D eigenvalue weighted by Gasteiger charge is 2.14. The van der Waals surface area contributed by atoms with Crippen molar-refractivity contribution < 1.29 is 14.3 Å². The first kappa shape index (κ1) is 19.6. The average molecular weight is 395 g/mol. The van der Waals surface area contributed by atoms with Gasteiger partial charge in [0.25, 0.3) is 5.91 Å². The number of thiazole rings is 1. The van der Waals surface area contributed by atoms with Crippen molar-refractivity contribution in [3.63, 3.8) is 0 Å². The molecule has 0 spiro atoms. The fourth-order valence-corrected chi connectivity index (χ4v) is 2.94. The van der Waals surface area contributed by atoms with Crippen molar-refractivity contribution in [2.45, 2.75) is 20.5 Å². The second kappa shape index (κ2) is 9.14. The summed E-state index contributed by atoms with van der Waals surface area (Å²) >= 11 is 1.49. The molecule has 2 aromatic carbocycles. The summed E-state index contributed by atoms with van der Waals surface area (Å²) in [5.74, 6) is -0.0114. The number of nitrogens with one attached hydrogen (secondary N) is 2. The monoisotopic (exact) mass is 395 g/mol. The van der Waals surface area contributed by atoms with Crippen LogP contribution in [0.25, 0.3) is 0 Å². The first-order chi connectivity index (χ1) is 13.5. The van der Waals surface area contributed by atoms with Crippen LogP contribution in [0.15, 0.2) is 59.4 Å². The average Bonchev–Trinajstić information content (AvgIpc) is 3.20. The molecule has 3 rings (SSSR count). The minimum absolute atomic E-state index is 0.0794. The van der Waals surface area contributed by atoms with E-state index in [0.29, 0.717) is 29.3 Å². The van der Waals surface area contributed by atoms with Crippen molar-refractivity contribution in [1.82, 2.24) is 4.98 Å². The second-order valence-electron chi connectivity index (χ2n) is 6.44. The highest BCUT2D eigenvalue weighted by atomic mass is 32.1. The van der Waals surface area contributed by atoms with E-state index in [1.807, 2.05) is 25.3 Å². The highest BCUT2D eigenvalue weighted by molar-refractivity contribution is 7.07. The Hall–Kier alpha value is -3.19. The number of ether oxygens (including phenoxy) is 1.